The van der Waals surface area contributed by atoms with Gasteiger partial charge < -0.3 is 11.1 Å². The van der Waals surface area contributed by atoms with Gasteiger partial charge in [0, 0.05) is 10.2 Å². The lowest BCUT2D eigenvalue weighted by molar-refractivity contribution is 1.18. The highest BCUT2D eigenvalue weighted by atomic mass is 79.9. The molecular weight excluding hydrogens is 291 g/mol. The number of nitrogens with zero attached hydrogens (tertiary/aromatic N) is 2. The molecule has 4 nitrogen and oxygen atoms in total. The van der Waals surface area contributed by atoms with Crippen molar-refractivity contribution in [2.75, 3.05) is 11.1 Å². The van der Waals surface area contributed by atoms with Gasteiger partial charge in [0.25, 0.3) is 0 Å². The molecule has 0 spiro atoms. The van der Waals surface area contributed by atoms with Crippen LogP contribution in [-0.4, -0.2) is 9.97 Å². The first kappa shape index (κ1) is 11.2. The van der Waals surface area contributed by atoms with E-state index in [0.29, 0.717) is 10.8 Å². The van der Waals surface area contributed by atoms with E-state index in [4.69, 9.17) is 17.3 Å². The SMILES string of the molecule is Nc1ncnc(Nc2cccc(Br)c2)c1Cl. The molecule has 1 aromatic heterocycles. The fourth-order valence-electron chi connectivity index (χ4n) is 1.17. The number of aromatic nitrogens is 2. The predicted molar refractivity (Wildman–Crippen MR) is 68.9 cm³/mol. The molecule has 2 rings (SSSR count). The van der Waals surface area contributed by atoms with E-state index in [0.717, 1.165) is 10.2 Å². The van der Waals surface area contributed by atoms with Crippen LogP contribution in [0.3, 0.4) is 0 Å². The van der Waals surface area contributed by atoms with Gasteiger partial charge in [0.1, 0.15) is 17.2 Å². The molecule has 2 aromatic rings. The first-order valence-electron chi connectivity index (χ1n) is 4.45. The van der Waals surface area contributed by atoms with Crippen LogP contribution in [0.25, 0.3) is 0 Å². The van der Waals surface area contributed by atoms with Crippen LogP contribution in [0.1, 0.15) is 0 Å². The van der Waals surface area contributed by atoms with E-state index < -0.39 is 0 Å². The molecule has 0 bridgehead atoms. The van der Waals surface area contributed by atoms with Crippen molar-refractivity contribution in [3.63, 3.8) is 0 Å². The second-order valence-corrected chi connectivity index (χ2v) is 4.35. The van der Waals surface area contributed by atoms with Crippen molar-refractivity contribution in [1.82, 2.24) is 9.97 Å². The molecule has 16 heavy (non-hydrogen) atoms. The zero-order chi connectivity index (χ0) is 11.5. The van der Waals surface area contributed by atoms with Gasteiger partial charge in [-0.2, -0.15) is 0 Å². The maximum Gasteiger partial charge on any atom is 0.154 e. The molecule has 0 unspecified atom stereocenters. The van der Waals surface area contributed by atoms with Crippen LogP contribution < -0.4 is 11.1 Å². The summed E-state index contributed by atoms with van der Waals surface area (Å²) in [6.07, 6.45) is 1.36. The van der Waals surface area contributed by atoms with E-state index in [1.165, 1.54) is 6.33 Å². The number of hydrogen-bond acceptors (Lipinski definition) is 4. The molecule has 0 saturated carbocycles. The molecule has 0 fully saturated rings. The van der Waals surface area contributed by atoms with Crippen molar-refractivity contribution in [1.29, 1.82) is 0 Å². The van der Waals surface area contributed by atoms with Gasteiger partial charge in [-0.1, -0.05) is 33.6 Å². The van der Waals surface area contributed by atoms with E-state index in [9.17, 15) is 0 Å². The highest BCUT2D eigenvalue weighted by molar-refractivity contribution is 9.10. The summed E-state index contributed by atoms with van der Waals surface area (Å²) >= 11 is 9.34. The molecule has 0 radical (unpaired) electrons. The first-order chi connectivity index (χ1) is 7.66. The second kappa shape index (κ2) is 4.67. The van der Waals surface area contributed by atoms with Crippen LogP contribution in [0, 0.1) is 0 Å². The van der Waals surface area contributed by atoms with Crippen LogP contribution in [0.5, 0.6) is 0 Å². The highest BCUT2D eigenvalue weighted by Crippen LogP contribution is 2.27. The zero-order valence-electron chi connectivity index (χ0n) is 8.11. The molecule has 82 valence electrons. The van der Waals surface area contributed by atoms with Crippen LogP contribution in [0.4, 0.5) is 17.3 Å². The van der Waals surface area contributed by atoms with E-state index in [-0.39, 0.29) is 5.82 Å². The quantitative estimate of drug-likeness (QED) is 0.893. The van der Waals surface area contributed by atoms with Gasteiger partial charge in [0.2, 0.25) is 0 Å². The predicted octanol–water partition coefficient (Wildman–Crippen LogP) is 3.22. The summed E-state index contributed by atoms with van der Waals surface area (Å²) in [6.45, 7) is 0. The molecule has 0 atom stereocenters. The average molecular weight is 300 g/mol. The Bertz CT molecular complexity index is 518. The van der Waals surface area contributed by atoms with Crippen LogP contribution in [-0.2, 0) is 0 Å². The molecule has 1 aromatic carbocycles. The van der Waals surface area contributed by atoms with E-state index in [2.05, 4.69) is 31.2 Å². The molecule has 0 amide bonds. The molecule has 6 heteroatoms. The topological polar surface area (TPSA) is 63.8 Å². The third-order valence-corrected chi connectivity index (χ3v) is 2.77. The van der Waals surface area contributed by atoms with Crippen LogP contribution in [0.15, 0.2) is 35.1 Å². The number of nitrogens with one attached hydrogen (secondary N) is 1. The van der Waals surface area contributed by atoms with Crippen molar-refractivity contribution in [3.05, 3.63) is 40.1 Å². The molecule has 0 aliphatic heterocycles. The number of rotatable bonds is 2. The van der Waals surface area contributed by atoms with Gasteiger partial charge in [-0.05, 0) is 18.2 Å². The third kappa shape index (κ3) is 2.43. The highest BCUT2D eigenvalue weighted by Gasteiger charge is 2.06. The van der Waals surface area contributed by atoms with Gasteiger partial charge in [-0.25, -0.2) is 9.97 Å². The molecule has 0 saturated heterocycles. The number of nitrogens with two attached hydrogens (primary N) is 1. The number of hydrogen-bond donors (Lipinski definition) is 2. The summed E-state index contributed by atoms with van der Waals surface area (Å²) in [5.74, 6) is 0.751. The summed E-state index contributed by atoms with van der Waals surface area (Å²) in [4.78, 5) is 7.80. The van der Waals surface area contributed by atoms with Crippen molar-refractivity contribution in [3.8, 4) is 0 Å². The summed E-state index contributed by atoms with van der Waals surface area (Å²) in [6, 6.07) is 7.65. The van der Waals surface area contributed by atoms with Crippen molar-refractivity contribution in [2.24, 2.45) is 0 Å². The first-order valence-corrected chi connectivity index (χ1v) is 5.62. The standard InChI is InChI=1S/C10H8BrClN4/c11-6-2-1-3-7(4-6)16-10-8(12)9(13)14-5-15-10/h1-5H,(H3,13,14,15,16). The number of anilines is 3. The van der Waals surface area contributed by atoms with Gasteiger partial charge in [-0.3, -0.25) is 0 Å². The average Bonchev–Trinajstić information content (AvgIpc) is 2.25. The molecule has 1 heterocycles. The normalized spacial score (nSPS) is 10.1. The van der Waals surface area contributed by atoms with Crippen molar-refractivity contribution in [2.45, 2.75) is 0 Å². The Morgan fingerprint density at radius 3 is 2.88 bits per heavy atom. The smallest absolute Gasteiger partial charge is 0.154 e. The van der Waals surface area contributed by atoms with Crippen molar-refractivity contribution >= 4 is 44.9 Å². The molecule has 0 aliphatic rings. The fraction of sp³-hybridized carbons (Fsp3) is 0. The Morgan fingerprint density at radius 2 is 2.12 bits per heavy atom. The zero-order valence-corrected chi connectivity index (χ0v) is 10.5. The number of nitrogen functional groups attached to an aromatic ring is 1. The maximum absolute atomic E-state index is 5.96. The minimum atomic E-state index is 0.258. The molecule has 0 aliphatic carbocycles. The van der Waals surface area contributed by atoms with E-state index in [1.807, 2.05) is 24.3 Å². The lowest BCUT2D eigenvalue weighted by Crippen LogP contribution is -1.99. The Balaban J connectivity index is 2.31. The summed E-state index contributed by atoms with van der Waals surface area (Å²) in [5.41, 5.74) is 6.44. The molecular formula is C10H8BrClN4. The number of benzene rings is 1. The monoisotopic (exact) mass is 298 g/mol. The van der Waals surface area contributed by atoms with E-state index >= 15 is 0 Å². The van der Waals surface area contributed by atoms with Crippen LogP contribution in [0.2, 0.25) is 5.02 Å². The van der Waals surface area contributed by atoms with Gasteiger partial charge >= 0.3 is 0 Å². The summed E-state index contributed by atoms with van der Waals surface area (Å²) < 4.78 is 0.968. The van der Waals surface area contributed by atoms with Gasteiger partial charge in [0.15, 0.2) is 5.82 Å². The Labute approximate surface area is 106 Å². The van der Waals surface area contributed by atoms with Crippen molar-refractivity contribution < 1.29 is 0 Å². The lowest BCUT2D eigenvalue weighted by Gasteiger charge is -2.08. The largest absolute Gasteiger partial charge is 0.382 e. The third-order valence-electron chi connectivity index (χ3n) is 1.90. The lowest BCUT2D eigenvalue weighted by atomic mass is 10.3. The van der Waals surface area contributed by atoms with Gasteiger partial charge in [0.05, 0.1) is 0 Å². The second-order valence-electron chi connectivity index (χ2n) is 3.06. The van der Waals surface area contributed by atoms with E-state index in [1.54, 1.807) is 0 Å². The number of halogens is 2. The van der Waals surface area contributed by atoms with Crippen LogP contribution >= 0.6 is 27.5 Å². The summed E-state index contributed by atoms with van der Waals surface area (Å²) in [5, 5.41) is 3.38. The molecule has 3 N–H and O–H groups in total. The minimum absolute atomic E-state index is 0.258. The Kier molecular flexibility index (Phi) is 3.26. The maximum atomic E-state index is 5.96. The fourth-order valence-corrected chi connectivity index (χ4v) is 1.72. The van der Waals surface area contributed by atoms with Gasteiger partial charge in [-0.15, -0.1) is 0 Å². The Morgan fingerprint density at radius 1 is 1.31 bits per heavy atom. The summed E-state index contributed by atoms with van der Waals surface area (Å²) in [7, 11) is 0. The minimum Gasteiger partial charge on any atom is -0.382 e. The Hall–Kier alpha value is -1.33.